The van der Waals surface area contributed by atoms with Crippen LogP contribution in [0.3, 0.4) is 0 Å². The van der Waals surface area contributed by atoms with Gasteiger partial charge in [-0.1, -0.05) is 18.2 Å². The van der Waals surface area contributed by atoms with Crippen LogP contribution in [0.15, 0.2) is 30.3 Å². The lowest BCUT2D eigenvalue weighted by molar-refractivity contribution is -0.00273. The minimum Gasteiger partial charge on any atom is -0.494 e. The van der Waals surface area contributed by atoms with Gasteiger partial charge in [-0.2, -0.15) is 0 Å². The van der Waals surface area contributed by atoms with E-state index in [1.165, 1.54) is 19.3 Å². The lowest BCUT2D eigenvalue weighted by Crippen LogP contribution is -2.33. The van der Waals surface area contributed by atoms with E-state index in [-0.39, 0.29) is 0 Å². The molecule has 0 radical (unpaired) electrons. The molecule has 4 heteroatoms. The predicted molar refractivity (Wildman–Crippen MR) is 88.2 cm³/mol. The molecule has 2 heterocycles. The van der Waals surface area contributed by atoms with Crippen molar-refractivity contribution >= 4 is 10.9 Å². The first-order valence-electron chi connectivity index (χ1n) is 7.99. The maximum absolute atomic E-state index is 5.81. The summed E-state index contributed by atoms with van der Waals surface area (Å²) in [6, 6.07) is 10.2. The van der Waals surface area contributed by atoms with Crippen LogP contribution in [0.4, 0.5) is 0 Å². The molecule has 0 spiro atoms. The first-order valence-corrected chi connectivity index (χ1v) is 7.99. The highest BCUT2D eigenvalue weighted by molar-refractivity contribution is 5.84. The highest BCUT2D eigenvalue weighted by atomic mass is 16.5. The number of likely N-dealkylation sites (N-methyl/N-ethyl adjacent to an activating group) is 1. The maximum Gasteiger partial charge on any atom is 0.145 e. The summed E-state index contributed by atoms with van der Waals surface area (Å²) in [6.07, 6.45) is 4.02. The quantitative estimate of drug-likeness (QED) is 0.849. The van der Waals surface area contributed by atoms with Gasteiger partial charge in [0, 0.05) is 25.1 Å². The van der Waals surface area contributed by atoms with E-state index in [2.05, 4.69) is 30.1 Å². The molecular weight excluding hydrogens is 276 g/mol. The molecule has 1 fully saturated rings. The van der Waals surface area contributed by atoms with Gasteiger partial charge in [0.05, 0.1) is 18.9 Å². The zero-order valence-corrected chi connectivity index (χ0v) is 13.4. The van der Waals surface area contributed by atoms with E-state index in [1.807, 2.05) is 12.1 Å². The Hall–Kier alpha value is -1.65. The van der Waals surface area contributed by atoms with E-state index >= 15 is 0 Å². The molecule has 1 aromatic carbocycles. The van der Waals surface area contributed by atoms with Gasteiger partial charge in [-0.15, -0.1) is 0 Å². The van der Waals surface area contributed by atoms with E-state index in [0.717, 1.165) is 42.0 Å². The fourth-order valence-electron chi connectivity index (χ4n) is 3.05. The number of aromatic nitrogens is 1. The van der Waals surface area contributed by atoms with E-state index in [9.17, 15) is 0 Å². The average molecular weight is 300 g/mol. The summed E-state index contributed by atoms with van der Waals surface area (Å²) in [7, 11) is 3.82. The topological polar surface area (TPSA) is 34.6 Å². The number of benzene rings is 1. The third-order valence-electron chi connectivity index (χ3n) is 4.18. The highest BCUT2D eigenvalue weighted by Crippen LogP contribution is 2.24. The predicted octanol–water partition coefficient (Wildman–Crippen LogP) is 3.24. The van der Waals surface area contributed by atoms with E-state index in [1.54, 1.807) is 7.11 Å². The molecule has 0 aliphatic carbocycles. The second-order valence-corrected chi connectivity index (χ2v) is 6.02. The van der Waals surface area contributed by atoms with Gasteiger partial charge in [0.1, 0.15) is 11.3 Å². The smallest absolute Gasteiger partial charge is 0.145 e. The first kappa shape index (κ1) is 15.3. The summed E-state index contributed by atoms with van der Waals surface area (Å²) < 4.78 is 11.2. The van der Waals surface area contributed by atoms with Gasteiger partial charge in [-0.05, 0) is 38.4 Å². The highest BCUT2D eigenvalue weighted by Gasteiger charge is 2.16. The summed E-state index contributed by atoms with van der Waals surface area (Å²) in [5.41, 5.74) is 2.00. The molecule has 3 rings (SSSR count). The Labute approximate surface area is 132 Å². The molecule has 2 aromatic rings. The second-order valence-electron chi connectivity index (χ2n) is 6.02. The zero-order valence-electron chi connectivity index (χ0n) is 13.4. The summed E-state index contributed by atoms with van der Waals surface area (Å²) in [6.45, 7) is 2.70. The molecule has 1 saturated heterocycles. The van der Waals surface area contributed by atoms with Crippen LogP contribution in [0.25, 0.3) is 10.9 Å². The Morgan fingerprint density at radius 2 is 2.18 bits per heavy atom. The third kappa shape index (κ3) is 3.57. The van der Waals surface area contributed by atoms with E-state index in [4.69, 9.17) is 14.5 Å². The zero-order chi connectivity index (χ0) is 15.4. The van der Waals surface area contributed by atoms with Crippen molar-refractivity contribution in [3.8, 4) is 5.75 Å². The fourth-order valence-corrected chi connectivity index (χ4v) is 3.05. The largest absolute Gasteiger partial charge is 0.494 e. The van der Waals surface area contributed by atoms with Gasteiger partial charge < -0.3 is 9.47 Å². The average Bonchev–Trinajstić information content (AvgIpc) is 2.55. The van der Waals surface area contributed by atoms with Crippen LogP contribution in [0.5, 0.6) is 5.75 Å². The molecule has 0 saturated carbocycles. The molecule has 4 nitrogen and oxygen atoms in total. The van der Waals surface area contributed by atoms with Gasteiger partial charge in [0.25, 0.3) is 0 Å². The number of nitrogens with zero attached hydrogens (tertiary/aromatic N) is 2. The number of methoxy groups -OCH3 is 1. The fraction of sp³-hybridized carbons (Fsp3) is 0.500. The molecule has 0 unspecified atom stereocenters. The lowest BCUT2D eigenvalue weighted by Gasteiger charge is -2.27. The SMILES string of the molecule is COc1cccc2ccc(CN(C)C[C@H]3CCCCO3)nc12. The number of pyridine rings is 1. The Kier molecular flexibility index (Phi) is 4.90. The summed E-state index contributed by atoms with van der Waals surface area (Å²) in [4.78, 5) is 7.06. The third-order valence-corrected chi connectivity index (χ3v) is 4.18. The van der Waals surface area contributed by atoms with Gasteiger partial charge in [-0.25, -0.2) is 4.98 Å². The second kappa shape index (κ2) is 7.07. The van der Waals surface area contributed by atoms with Crippen LogP contribution in [0, 0.1) is 0 Å². The molecule has 1 aliphatic rings. The molecule has 0 bridgehead atoms. The number of hydrogen-bond donors (Lipinski definition) is 0. The molecule has 22 heavy (non-hydrogen) atoms. The van der Waals surface area contributed by atoms with Crippen molar-refractivity contribution in [2.45, 2.75) is 31.9 Å². The first-order chi connectivity index (χ1) is 10.8. The van der Waals surface area contributed by atoms with Crippen molar-refractivity contribution in [1.29, 1.82) is 0 Å². The summed E-state index contributed by atoms with van der Waals surface area (Å²) in [5.74, 6) is 0.831. The molecule has 1 aliphatic heterocycles. The van der Waals surface area contributed by atoms with Crippen LogP contribution in [-0.4, -0.2) is 43.3 Å². The monoisotopic (exact) mass is 300 g/mol. The van der Waals surface area contributed by atoms with Crippen LogP contribution in [0.1, 0.15) is 25.0 Å². The molecule has 1 aromatic heterocycles. The van der Waals surface area contributed by atoms with Crippen LogP contribution in [-0.2, 0) is 11.3 Å². The van der Waals surface area contributed by atoms with Crippen LogP contribution < -0.4 is 4.74 Å². The number of para-hydroxylation sites is 1. The molecule has 0 N–H and O–H groups in total. The van der Waals surface area contributed by atoms with E-state index in [0.29, 0.717) is 6.10 Å². The van der Waals surface area contributed by atoms with Crippen LogP contribution >= 0.6 is 0 Å². The maximum atomic E-state index is 5.81. The van der Waals surface area contributed by atoms with Gasteiger partial charge in [0.15, 0.2) is 0 Å². The lowest BCUT2D eigenvalue weighted by atomic mass is 10.1. The van der Waals surface area contributed by atoms with E-state index < -0.39 is 0 Å². The number of hydrogen-bond acceptors (Lipinski definition) is 4. The molecule has 118 valence electrons. The van der Waals surface area contributed by atoms with Crippen molar-refractivity contribution in [1.82, 2.24) is 9.88 Å². The Morgan fingerprint density at radius 1 is 1.27 bits per heavy atom. The minimum atomic E-state index is 0.369. The number of fused-ring (bicyclic) bond motifs is 1. The normalized spacial score (nSPS) is 18.8. The van der Waals surface area contributed by atoms with Crippen molar-refractivity contribution < 1.29 is 9.47 Å². The van der Waals surface area contributed by atoms with Crippen molar-refractivity contribution in [2.24, 2.45) is 0 Å². The van der Waals surface area contributed by atoms with Crippen molar-refractivity contribution in [3.05, 3.63) is 36.0 Å². The Bertz CT molecular complexity index is 624. The van der Waals surface area contributed by atoms with Gasteiger partial charge in [0.2, 0.25) is 0 Å². The summed E-state index contributed by atoms with van der Waals surface area (Å²) >= 11 is 0. The van der Waals surface area contributed by atoms with Crippen LogP contribution in [0.2, 0.25) is 0 Å². The Balaban J connectivity index is 1.70. The van der Waals surface area contributed by atoms with Gasteiger partial charge in [-0.3, -0.25) is 4.90 Å². The van der Waals surface area contributed by atoms with Gasteiger partial charge >= 0.3 is 0 Å². The molecular formula is C18H24N2O2. The minimum absolute atomic E-state index is 0.369. The molecule has 1 atom stereocenters. The van der Waals surface area contributed by atoms with Crippen molar-refractivity contribution in [3.63, 3.8) is 0 Å². The standard InChI is InChI=1S/C18H24N2O2/c1-20(13-16-7-3-4-11-22-16)12-15-10-9-14-6-5-8-17(21-2)18(14)19-15/h5-6,8-10,16H,3-4,7,11-13H2,1-2H3/t16-/m1/s1. The number of ether oxygens (including phenoxy) is 2. The molecule has 0 amide bonds. The summed E-state index contributed by atoms with van der Waals surface area (Å²) in [5, 5.41) is 1.11. The van der Waals surface area contributed by atoms with Crippen molar-refractivity contribution in [2.75, 3.05) is 27.3 Å². The Morgan fingerprint density at radius 3 is 2.95 bits per heavy atom. The number of rotatable bonds is 5.